The third-order valence-corrected chi connectivity index (χ3v) is 4.67. The fourth-order valence-corrected chi connectivity index (χ4v) is 3.42. The first-order valence-electron chi connectivity index (χ1n) is 8.59. The van der Waals surface area contributed by atoms with Crippen molar-refractivity contribution in [2.24, 2.45) is 5.92 Å². The van der Waals surface area contributed by atoms with Gasteiger partial charge in [-0.2, -0.15) is 0 Å². The molecule has 0 saturated heterocycles. The standard InChI is InChI=1S/C19H29NO3/c1-13(2)18(19(21)20-15-8-6-5-7-9-15)14-10-11-16(22-3)17(12-14)23-4/h10-13,15,18H,5-9H2,1-4H3,(H,20,21). The number of ether oxygens (including phenoxy) is 2. The van der Waals surface area contributed by atoms with Crippen LogP contribution in [-0.2, 0) is 4.79 Å². The Morgan fingerprint density at radius 3 is 2.30 bits per heavy atom. The van der Waals surface area contributed by atoms with Gasteiger partial charge in [0.1, 0.15) is 0 Å². The van der Waals surface area contributed by atoms with E-state index in [9.17, 15) is 4.79 Å². The first kappa shape index (κ1) is 17.6. The summed E-state index contributed by atoms with van der Waals surface area (Å²) in [6.07, 6.45) is 5.92. The molecular formula is C19H29NO3. The van der Waals surface area contributed by atoms with Gasteiger partial charge in [0.2, 0.25) is 5.91 Å². The van der Waals surface area contributed by atoms with Crippen molar-refractivity contribution in [1.82, 2.24) is 5.32 Å². The third-order valence-electron chi connectivity index (χ3n) is 4.67. The van der Waals surface area contributed by atoms with E-state index in [2.05, 4.69) is 19.2 Å². The highest BCUT2D eigenvalue weighted by Gasteiger charge is 2.27. The Morgan fingerprint density at radius 2 is 1.74 bits per heavy atom. The molecule has 1 atom stereocenters. The van der Waals surface area contributed by atoms with Crippen molar-refractivity contribution >= 4 is 5.91 Å². The molecule has 0 radical (unpaired) electrons. The fourth-order valence-electron chi connectivity index (χ4n) is 3.42. The van der Waals surface area contributed by atoms with Crippen LogP contribution < -0.4 is 14.8 Å². The molecule has 1 unspecified atom stereocenters. The number of carbonyl (C=O) groups excluding carboxylic acids is 1. The number of methoxy groups -OCH3 is 2. The Kier molecular flexibility index (Phi) is 6.31. The van der Waals surface area contributed by atoms with Gasteiger partial charge in [0, 0.05) is 6.04 Å². The Balaban J connectivity index is 2.18. The zero-order chi connectivity index (χ0) is 16.8. The molecule has 1 saturated carbocycles. The normalized spacial score (nSPS) is 16.9. The minimum atomic E-state index is -0.170. The van der Waals surface area contributed by atoms with E-state index < -0.39 is 0 Å². The molecule has 1 fully saturated rings. The third kappa shape index (κ3) is 4.40. The summed E-state index contributed by atoms with van der Waals surface area (Å²) in [7, 11) is 3.24. The molecule has 4 heteroatoms. The first-order valence-corrected chi connectivity index (χ1v) is 8.59. The van der Waals surface area contributed by atoms with Gasteiger partial charge in [-0.25, -0.2) is 0 Å². The number of benzene rings is 1. The smallest absolute Gasteiger partial charge is 0.228 e. The highest BCUT2D eigenvalue weighted by molar-refractivity contribution is 5.84. The van der Waals surface area contributed by atoms with E-state index in [-0.39, 0.29) is 17.7 Å². The summed E-state index contributed by atoms with van der Waals surface area (Å²) in [6.45, 7) is 4.17. The number of carbonyl (C=O) groups is 1. The molecule has 1 aliphatic carbocycles. The highest BCUT2D eigenvalue weighted by atomic mass is 16.5. The van der Waals surface area contributed by atoms with Crippen LogP contribution in [0.15, 0.2) is 18.2 Å². The molecule has 1 N–H and O–H groups in total. The molecule has 1 aromatic carbocycles. The topological polar surface area (TPSA) is 47.6 Å². The lowest BCUT2D eigenvalue weighted by atomic mass is 9.86. The molecule has 0 spiro atoms. The summed E-state index contributed by atoms with van der Waals surface area (Å²) in [4.78, 5) is 12.8. The summed E-state index contributed by atoms with van der Waals surface area (Å²) in [5, 5.41) is 3.25. The zero-order valence-corrected chi connectivity index (χ0v) is 14.7. The largest absolute Gasteiger partial charge is 0.493 e. The minimum absolute atomic E-state index is 0.124. The number of rotatable bonds is 6. The van der Waals surface area contributed by atoms with E-state index in [1.165, 1.54) is 19.3 Å². The first-order chi connectivity index (χ1) is 11.1. The average Bonchev–Trinajstić information content (AvgIpc) is 2.55. The molecular weight excluding hydrogens is 290 g/mol. The van der Waals surface area contributed by atoms with E-state index in [1.54, 1.807) is 14.2 Å². The van der Waals surface area contributed by atoms with Crippen molar-refractivity contribution < 1.29 is 14.3 Å². The van der Waals surface area contributed by atoms with Crippen LogP contribution in [0.2, 0.25) is 0 Å². The van der Waals surface area contributed by atoms with Crippen LogP contribution in [0.4, 0.5) is 0 Å². The van der Waals surface area contributed by atoms with Crippen molar-refractivity contribution in [2.45, 2.75) is 57.9 Å². The van der Waals surface area contributed by atoms with Crippen molar-refractivity contribution in [1.29, 1.82) is 0 Å². The lowest BCUT2D eigenvalue weighted by Gasteiger charge is -2.27. The van der Waals surface area contributed by atoms with Gasteiger partial charge >= 0.3 is 0 Å². The quantitative estimate of drug-likeness (QED) is 0.865. The van der Waals surface area contributed by atoms with E-state index >= 15 is 0 Å². The predicted molar refractivity (Wildman–Crippen MR) is 92.1 cm³/mol. The van der Waals surface area contributed by atoms with Gasteiger partial charge in [-0.3, -0.25) is 4.79 Å². The van der Waals surface area contributed by atoms with E-state index in [0.717, 1.165) is 18.4 Å². The maximum absolute atomic E-state index is 12.8. The number of nitrogens with one attached hydrogen (secondary N) is 1. The monoisotopic (exact) mass is 319 g/mol. The Bertz CT molecular complexity index is 521. The van der Waals surface area contributed by atoms with Gasteiger partial charge in [0.25, 0.3) is 0 Å². The SMILES string of the molecule is COc1ccc(C(C(=O)NC2CCCCC2)C(C)C)cc1OC. The second kappa shape index (κ2) is 8.23. The fraction of sp³-hybridized carbons (Fsp3) is 0.632. The number of hydrogen-bond donors (Lipinski definition) is 1. The van der Waals surface area contributed by atoms with Crippen LogP contribution in [0.25, 0.3) is 0 Å². The predicted octanol–water partition coefficient (Wildman–Crippen LogP) is 3.89. The Hall–Kier alpha value is -1.71. The molecule has 2 rings (SSSR count). The Morgan fingerprint density at radius 1 is 1.09 bits per heavy atom. The molecule has 0 heterocycles. The number of amides is 1. The molecule has 1 amide bonds. The molecule has 0 bridgehead atoms. The summed E-state index contributed by atoms with van der Waals surface area (Å²) >= 11 is 0. The summed E-state index contributed by atoms with van der Waals surface area (Å²) in [6, 6.07) is 6.09. The highest BCUT2D eigenvalue weighted by Crippen LogP contribution is 2.33. The van der Waals surface area contributed by atoms with E-state index in [0.29, 0.717) is 17.5 Å². The van der Waals surface area contributed by atoms with Crippen LogP contribution >= 0.6 is 0 Å². The molecule has 4 nitrogen and oxygen atoms in total. The molecule has 23 heavy (non-hydrogen) atoms. The van der Waals surface area contributed by atoms with Crippen LogP contribution in [0.5, 0.6) is 11.5 Å². The molecule has 0 aliphatic heterocycles. The van der Waals surface area contributed by atoms with Gasteiger partial charge in [0.15, 0.2) is 11.5 Å². The summed E-state index contributed by atoms with van der Waals surface area (Å²) in [5.74, 6) is 1.53. The van der Waals surface area contributed by atoms with Gasteiger partial charge in [-0.15, -0.1) is 0 Å². The van der Waals surface area contributed by atoms with Crippen molar-refractivity contribution in [3.63, 3.8) is 0 Å². The lowest BCUT2D eigenvalue weighted by Crippen LogP contribution is -2.40. The van der Waals surface area contributed by atoms with Crippen LogP contribution in [0.1, 0.15) is 57.4 Å². The molecule has 1 aliphatic rings. The van der Waals surface area contributed by atoms with Crippen molar-refractivity contribution in [2.75, 3.05) is 14.2 Å². The lowest BCUT2D eigenvalue weighted by molar-refractivity contribution is -0.124. The van der Waals surface area contributed by atoms with Crippen molar-refractivity contribution in [3.8, 4) is 11.5 Å². The summed E-state index contributed by atoms with van der Waals surface area (Å²) in [5.41, 5.74) is 0.978. The second-order valence-electron chi connectivity index (χ2n) is 6.68. The molecule has 128 valence electrons. The van der Waals surface area contributed by atoms with Gasteiger partial charge < -0.3 is 14.8 Å². The van der Waals surface area contributed by atoms with E-state index in [1.807, 2.05) is 18.2 Å². The number of hydrogen-bond acceptors (Lipinski definition) is 3. The van der Waals surface area contributed by atoms with Gasteiger partial charge in [-0.05, 0) is 36.5 Å². The van der Waals surface area contributed by atoms with Crippen LogP contribution in [0, 0.1) is 5.92 Å². The molecule has 0 aromatic heterocycles. The minimum Gasteiger partial charge on any atom is -0.493 e. The Labute approximate surface area is 139 Å². The van der Waals surface area contributed by atoms with E-state index in [4.69, 9.17) is 9.47 Å². The summed E-state index contributed by atoms with van der Waals surface area (Å²) < 4.78 is 10.7. The van der Waals surface area contributed by atoms with Crippen LogP contribution in [0.3, 0.4) is 0 Å². The maximum Gasteiger partial charge on any atom is 0.228 e. The van der Waals surface area contributed by atoms with Gasteiger partial charge in [0.05, 0.1) is 20.1 Å². The average molecular weight is 319 g/mol. The van der Waals surface area contributed by atoms with Crippen LogP contribution in [-0.4, -0.2) is 26.2 Å². The van der Waals surface area contributed by atoms with Crippen molar-refractivity contribution in [3.05, 3.63) is 23.8 Å². The second-order valence-corrected chi connectivity index (χ2v) is 6.68. The molecule has 1 aromatic rings. The van der Waals surface area contributed by atoms with Gasteiger partial charge in [-0.1, -0.05) is 39.2 Å². The maximum atomic E-state index is 12.8. The zero-order valence-electron chi connectivity index (χ0n) is 14.7.